The Morgan fingerprint density at radius 2 is 2.11 bits per heavy atom. The lowest BCUT2D eigenvalue weighted by atomic mass is 10.0. The summed E-state index contributed by atoms with van der Waals surface area (Å²) in [7, 11) is 1.89. The number of nitrogens with one attached hydrogen (secondary N) is 1. The third-order valence-corrected chi connectivity index (χ3v) is 4.19. The van der Waals surface area contributed by atoms with Gasteiger partial charge < -0.3 is 5.32 Å². The molecule has 102 valence electrons. The van der Waals surface area contributed by atoms with Gasteiger partial charge >= 0.3 is 0 Å². The van der Waals surface area contributed by atoms with Crippen LogP contribution < -0.4 is 5.32 Å². The minimum atomic E-state index is -0.255. The maximum Gasteiger partial charge on any atom is 0.124 e. The van der Waals surface area contributed by atoms with Gasteiger partial charge in [0, 0.05) is 11.5 Å². The highest BCUT2D eigenvalue weighted by atomic mass is 79.9. The van der Waals surface area contributed by atoms with Gasteiger partial charge in [0.2, 0.25) is 0 Å². The Kier molecular flexibility index (Phi) is 4.76. The summed E-state index contributed by atoms with van der Waals surface area (Å²) >= 11 is 6.94. The van der Waals surface area contributed by atoms with Crippen molar-refractivity contribution in [2.24, 2.45) is 7.05 Å². The smallest absolute Gasteiger partial charge is 0.124 e. The van der Waals surface area contributed by atoms with Crippen molar-refractivity contribution in [1.82, 2.24) is 15.1 Å². The average Bonchev–Trinajstić information content (AvgIpc) is 2.67. The molecule has 1 N–H and O–H groups in total. The summed E-state index contributed by atoms with van der Waals surface area (Å²) in [5, 5.41) is 7.63. The van der Waals surface area contributed by atoms with E-state index in [1.807, 2.05) is 18.7 Å². The molecule has 0 saturated heterocycles. The first-order valence-electron chi connectivity index (χ1n) is 5.90. The molecule has 1 heterocycles. The number of hydrogen-bond acceptors (Lipinski definition) is 2. The average molecular weight is 391 g/mol. The molecule has 0 bridgehead atoms. The topological polar surface area (TPSA) is 29.9 Å². The third kappa shape index (κ3) is 3.07. The SMILES string of the molecule is CCNC(c1ccc(F)cc1Br)c1c(Br)cnn1C. The Hall–Kier alpha value is -0.720. The van der Waals surface area contributed by atoms with E-state index in [1.165, 1.54) is 12.1 Å². The van der Waals surface area contributed by atoms with Gasteiger partial charge in [0.05, 0.1) is 22.4 Å². The van der Waals surface area contributed by atoms with E-state index in [0.717, 1.165) is 26.7 Å². The molecule has 1 aromatic heterocycles. The Morgan fingerprint density at radius 1 is 1.37 bits per heavy atom. The van der Waals surface area contributed by atoms with Crippen LogP contribution in [-0.4, -0.2) is 16.3 Å². The van der Waals surface area contributed by atoms with Crippen molar-refractivity contribution in [3.8, 4) is 0 Å². The Labute approximate surface area is 128 Å². The van der Waals surface area contributed by atoms with E-state index < -0.39 is 0 Å². The second-order valence-corrected chi connectivity index (χ2v) is 5.87. The molecule has 0 spiro atoms. The zero-order valence-corrected chi connectivity index (χ0v) is 13.8. The summed E-state index contributed by atoms with van der Waals surface area (Å²) in [6, 6.07) is 4.67. The van der Waals surface area contributed by atoms with Crippen molar-refractivity contribution in [2.45, 2.75) is 13.0 Å². The summed E-state index contributed by atoms with van der Waals surface area (Å²) in [5.41, 5.74) is 1.99. The van der Waals surface area contributed by atoms with Gasteiger partial charge in [-0.25, -0.2) is 4.39 Å². The van der Waals surface area contributed by atoms with Crippen molar-refractivity contribution in [1.29, 1.82) is 0 Å². The zero-order chi connectivity index (χ0) is 14.0. The largest absolute Gasteiger partial charge is 0.305 e. The molecule has 0 radical (unpaired) electrons. The molecule has 1 unspecified atom stereocenters. The molecule has 0 aliphatic carbocycles. The van der Waals surface area contributed by atoms with E-state index in [0.29, 0.717) is 0 Å². The number of rotatable bonds is 4. The quantitative estimate of drug-likeness (QED) is 0.860. The van der Waals surface area contributed by atoms with E-state index in [9.17, 15) is 4.39 Å². The normalized spacial score (nSPS) is 12.7. The van der Waals surface area contributed by atoms with Gasteiger partial charge in [0.15, 0.2) is 0 Å². The number of aryl methyl sites for hydroxylation is 1. The number of benzene rings is 1. The van der Waals surface area contributed by atoms with Crippen LogP contribution in [0.5, 0.6) is 0 Å². The van der Waals surface area contributed by atoms with Crippen LogP contribution >= 0.6 is 31.9 Å². The molecule has 6 heteroatoms. The van der Waals surface area contributed by atoms with E-state index in [-0.39, 0.29) is 11.9 Å². The van der Waals surface area contributed by atoms with Gasteiger partial charge in [0.1, 0.15) is 5.82 Å². The standard InChI is InChI=1S/C13H14Br2FN3/c1-3-17-12(13-11(15)7-18-19(13)2)9-5-4-8(16)6-10(9)14/h4-7,12,17H,3H2,1-2H3. The summed E-state index contributed by atoms with van der Waals surface area (Å²) in [6.45, 7) is 2.83. The highest BCUT2D eigenvalue weighted by Gasteiger charge is 2.22. The minimum absolute atomic E-state index is 0.0538. The van der Waals surface area contributed by atoms with Crippen molar-refractivity contribution in [3.05, 3.63) is 50.4 Å². The Morgan fingerprint density at radius 3 is 2.63 bits per heavy atom. The summed E-state index contributed by atoms with van der Waals surface area (Å²) in [4.78, 5) is 0. The highest BCUT2D eigenvalue weighted by molar-refractivity contribution is 9.10. The van der Waals surface area contributed by atoms with Gasteiger partial charge in [-0.05, 0) is 40.2 Å². The van der Waals surface area contributed by atoms with Crippen molar-refractivity contribution < 1.29 is 4.39 Å². The van der Waals surface area contributed by atoms with Crippen LogP contribution in [-0.2, 0) is 7.05 Å². The van der Waals surface area contributed by atoms with Gasteiger partial charge in [-0.1, -0.05) is 28.9 Å². The third-order valence-electron chi connectivity index (χ3n) is 2.89. The predicted octanol–water partition coefficient (Wildman–Crippen LogP) is 3.78. The lowest BCUT2D eigenvalue weighted by molar-refractivity contribution is 0.566. The molecule has 1 aromatic carbocycles. The molecular weight excluding hydrogens is 377 g/mol. The predicted molar refractivity (Wildman–Crippen MR) is 80.5 cm³/mol. The Bertz CT molecular complexity index is 564. The van der Waals surface area contributed by atoms with E-state index >= 15 is 0 Å². The van der Waals surface area contributed by atoms with Gasteiger partial charge in [-0.2, -0.15) is 5.10 Å². The van der Waals surface area contributed by atoms with Gasteiger partial charge in [-0.15, -0.1) is 0 Å². The number of aromatic nitrogens is 2. The van der Waals surface area contributed by atoms with E-state index in [1.54, 1.807) is 12.3 Å². The highest BCUT2D eigenvalue weighted by Crippen LogP contribution is 2.32. The molecule has 3 nitrogen and oxygen atoms in total. The molecule has 0 aliphatic heterocycles. The fourth-order valence-corrected chi connectivity index (χ4v) is 3.20. The minimum Gasteiger partial charge on any atom is -0.305 e. The lowest BCUT2D eigenvalue weighted by Gasteiger charge is -2.20. The van der Waals surface area contributed by atoms with Crippen LogP contribution in [0.25, 0.3) is 0 Å². The second kappa shape index (κ2) is 6.15. The van der Waals surface area contributed by atoms with Crippen LogP contribution in [0.4, 0.5) is 4.39 Å². The summed E-state index contributed by atoms with van der Waals surface area (Å²) < 4.78 is 16.7. The maximum atomic E-state index is 13.2. The molecule has 0 amide bonds. The fraction of sp³-hybridized carbons (Fsp3) is 0.308. The van der Waals surface area contributed by atoms with Crippen LogP contribution in [0.1, 0.15) is 24.2 Å². The molecule has 0 fully saturated rings. The van der Waals surface area contributed by atoms with Crippen LogP contribution in [0.3, 0.4) is 0 Å². The molecule has 0 saturated carbocycles. The molecular formula is C13H14Br2FN3. The van der Waals surface area contributed by atoms with Crippen molar-refractivity contribution >= 4 is 31.9 Å². The van der Waals surface area contributed by atoms with Crippen molar-refractivity contribution in [3.63, 3.8) is 0 Å². The molecule has 19 heavy (non-hydrogen) atoms. The Balaban J connectivity index is 2.51. The van der Waals surface area contributed by atoms with Crippen LogP contribution in [0.15, 0.2) is 33.3 Å². The zero-order valence-electron chi connectivity index (χ0n) is 10.6. The van der Waals surface area contributed by atoms with Gasteiger partial charge in [0.25, 0.3) is 0 Å². The first-order valence-corrected chi connectivity index (χ1v) is 7.49. The first kappa shape index (κ1) is 14.7. The van der Waals surface area contributed by atoms with E-state index in [4.69, 9.17) is 0 Å². The molecule has 2 rings (SSSR count). The number of nitrogens with zero attached hydrogens (tertiary/aromatic N) is 2. The van der Waals surface area contributed by atoms with E-state index in [2.05, 4.69) is 42.3 Å². The fourth-order valence-electron chi connectivity index (χ4n) is 2.04. The molecule has 2 aromatic rings. The summed E-state index contributed by atoms with van der Waals surface area (Å²) in [5.74, 6) is -0.255. The van der Waals surface area contributed by atoms with Crippen LogP contribution in [0.2, 0.25) is 0 Å². The molecule has 1 atom stereocenters. The van der Waals surface area contributed by atoms with Gasteiger partial charge in [-0.3, -0.25) is 4.68 Å². The second-order valence-electron chi connectivity index (χ2n) is 4.16. The maximum absolute atomic E-state index is 13.2. The monoisotopic (exact) mass is 389 g/mol. The lowest BCUT2D eigenvalue weighted by Crippen LogP contribution is -2.25. The number of halogens is 3. The molecule has 0 aliphatic rings. The first-order chi connectivity index (χ1) is 9.04. The number of hydrogen-bond donors (Lipinski definition) is 1. The summed E-state index contributed by atoms with van der Waals surface area (Å²) in [6.07, 6.45) is 1.76. The van der Waals surface area contributed by atoms with Crippen LogP contribution in [0, 0.1) is 5.82 Å². The van der Waals surface area contributed by atoms with Crippen molar-refractivity contribution in [2.75, 3.05) is 6.54 Å².